The maximum atomic E-state index is 5.09. The molecule has 0 bridgehead atoms. The Morgan fingerprint density at radius 3 is 3.00 bits per heavy atom. The number of ether oxygens (including phenoxy) is 1. The average Bonchev–Trinajstić information content (AvgIpc) is 2.17. The number of benzene rings is 1. The maximum Gasteiger partial charge on any atom is 0.221 e. The van der Waals surface area contributed by atoms with E-state index in [9.17, 15) is 0 Å². The van der Waals surface area contributed by atoms with Gasteiger partial charge in [0, 0.05) is 5.39 Å². The molecule has 0 saturated carbocycles. The van der Waals surface area contributed by atoms with Gasteiger partial charge in [-0.15, -0.1) is 0 Å². The fourth-order valence-corrected chi connectivity index (χ4v) is 1.19. The summed E-state index contributed by atoms with van der Waals surface area (Å²) in [4.78, 5) is 3.98. The number of hydrogen-bond acceptors (Lipinski definition) is 2. The third-order valence-electron chi connectivity index (χ3n) is 1.77. The second kappa shape index (κ2) is 2.81. The van der Waals surface area contributed by atoms with Crippen LogP contribution in [0.4, 0.5) is 0 Å². The molecule has 0 saturated heterocycles. The Bertz CT molecular complexity index is 392. The van der Waals surface area contributed by atoms with E-state index in [0.29, 0.717) is 5.88 Å². The number of rotatable bonds is 1. The molecule has 2 aromatic rings. The molecule has 0 aliphatic heterocycles. The van der Waals surface area contributed by atoms with Crippen LogP contribution >= 0.6 is 0 Å². The third kappa shape index (κ3) is 1.01. The lowest BCUT2D eigenvalue weighted by atomic mass is 10.2. The molecule has 0 fully saturated rings. The van der Waals surface area contributed by atoms with Crippen molar-refractivity contribution < 1.29 is 4.74 Å². The number of methoxy groups -OCH3 is 1. The van der Waals surface area contributed by atoms with E-state index in [0.717, 1.165) is 10.8 Å². The van der Waals surface area contributed by atoms with Gasteiger partial charge in [0.1, 0.15) is 0 Å². The van der Waals surface area contributed by atoms with E-state index >= 15 is 0 Å². The smallest absolute Gasteiger partial charge is 0.221 e. The molecule has 0 atom stereocenters. The van der Waals surface area contributed by atoms with Gasteiger partial charge in [-0.05, 0) is 17.5 Å². The summed E-state index contributed by atoms with van der Waals surface area (Å²) < 4.78 is 5.09. The minimum atomic E-state index is 0.633. The molecule has 0 unspecified atom stereocenters. The molecule has 1 aromatic heterocycles. The predicted octanol–water partition coefficient (Wildman–Crippen LogP) is 2.04. The van der Waals surface area contributed by atoms with Crippen LogP contribution in [0.25, 0.3) is 10.8 Å². The van der Waals surface area contributed by atoms with Crippen LogP contribution in [-0.4, -0.2) is 12.1 Å². The molecule has 1 aromatic carbocycles. The van der Waals surface area contributed by atoms with Crippen molar-refractivity contribution in [2.45, 2.75) is 0 Å². The SMILES string of the molecule is COc1n[c]cc2ccccc12. The molecular weight excluding hydrogens is 150 g/mol. The molecule has 0 aliphatic carbocycles. The Labute approximate surface area is 70.8 Å². The number of nitrogens with zero attached hydrogens (tertiary/aromatic N) is 1. The van der Waals surface area contributed by atoms with Gasteiger partial charge in [-0.3, -0.25) is 0 Å². The van der Waals surface area contributed by atoms with Crippen LogP contribution in [0.15, 0.2) is 30.3 Å². The zero-order valence-electron chi connectivity index (χ0n) is 6.74. The molecule has 59 valence electrons. The Morgan fingerprint density at radius 2 is 2.17 bits per heavy atom. The van der Waals surface area contributed by atoms with Crippen molar-refractivity contribution in [3.8, 4) is 5.88 Å². The summed E-state index contributed by atoms with van der Waals surface area (Å²) in [7, 11) is 1.61. The Balaban J connectivity index is 2.79. The van der Waals surface area contributed by atoms with E-state index in [4.69, 9.17) is 4.74 Å². The maximum absolute atomic E-state index is 5.09. The van der Waals surface area contributed by atoms with Crippen LogP contribution in [-0.2, 0) is 0 Å². The molecule has 0 amide bonds. The first-order chi connectivity index (χ1) is 5.92. The van der Waals surface area contributed by atoms with E-state index in [1.165, 1.54) is 0 Å². The van der Waals surface area contributed by atoms with Gasteiger partial charge in [-0.2, -0.15) is 0 Å². The van der Waals surface area contributed by atoms with Crippen LogP contribution in [0.1, 0.15) is 0 Å². The summed E-state index contributed by atoms with van der Waals surface area (Å²) in [6.07, 6.45) is 2.78. The molecule has 2 heteroatoms. The topological polar surface area (TPSA) is 22.1 Å². The van der Waals surface area contributed by atoms with Crippen LogP contribution in [0.5, 0.6) is 5.88 Å². The molecule has 12 heavy (non-hydrogen) atoms. The first kappa shape index (κ1) is 7.10. The Hall–Kier alpha value is -1.57. The quantitative estimate of drug-likeness (QED) is 0.633. The summed E-state index contributed by atoms with van der Waals surface area (Å²) in [5.74, 6) is 0.633. The zero-order valence-corrected chi connectivity index (χ0v) is 6.74. The van der Waals surface area contributed by atoms with Crippen molar-refractivity contribution in [1.29, 1.82) is 0 Å². The highest BCUT2D eigenvalue weighted by Crippen LogP contribution is 2.21. The highest BCUT2D eigenvalue weighted by Gasteiger charge is 1.99. The highest BCUT2D eigenvalue weighted by atomic mass is 16.5. The van der Waals surface area contributed by atoms with E-state index in [1.54, 1.807) is 7.11 Å². The largest absolute Gasteiger partial charge is 0.481 e. The van der Waals surface area contributed by atoms with Crippen molar-refractivity contribution in [3.63, 3.8) is 0 Å². The van der Waals surface area contributed by atoms with Crippen molar-refractivity contribution in [2.75, 3.05) is 7.11 Å². The van der Waals surface area contributed by atoms with Gasteiger partial charge in [0.25, 0.3) is 0 Å². The monoisotopic (exact) mass is 158 g/mol. The van der Waals surface area contributed by atoms with Gasteiger partial charge >= 0.3 is 0 Å². The second-order valence-corrected chi connectivity index (χ2v) is 2.48. The minimum Gasteiger partial charge on any atom is -0.481 e. The molecule has 2 rings (SSSR count). The average molecular weight is 158 g/mol. The number of aromatic nitrogens is 1. The summed E-state index contributed by atoms with van der Waals surface area (Å²) in [5, 5.41) is 2.13. The van der Waals surface area contributed by atoms with Crippen LogP contribution in [0.3, 0.4) is 0 Å². The van der Waals surface area contributed by atoms with Gasteiger partial charge in [0.15, 0.2) is 0 Å². The first-order valence-electron chi connectivity index (χ1n) is 3.71. The molecule has 0 spiro atoms. The standard InChI is InChI=1S/C10H8NO/c1-12-10-9-5-3-2-4-8(9)6-7-11-10/h2-6H,1H3. The first-order valence-corrected chi connectivity index (χ1v) is 3.71. The highest BCUT2D eigenvalue weighted by molar-refractivity contribution is 5.86. The van der Waals surface area contributed by atoms with Gasteiger partial charge in [-0.25, -0.2) is 4.98 Å². The zero-order chi connectivity index (χ0) is 8.39. The van der Waals surface area contributed by atoms with Gasteiger partial charge in [0.2, 0.25) is 5.88 Å². The molecule has 0 N–H and O–H groups in total. The Kier molecular flexibility index (Phi) is 1.67. The summed E-state index contributed by atoms with van der Waals surface area (Å²) in [5.41, 5.74) is 0. The fraction of sp³-hybridized carbons (Fsp3) is 0.100. The molecule has 2 nitrogen and oxygen atoms in total. The van der Waals surface area contributed by atoms with E-state index in [2.05, 4.69) is 11.2 Å². The van der Waals surface area contributed by atoms with Gasteiger partial charge < -0.3 is 4.74 Å². The van der Waals surface area contributed by atoms with E-state index in [1.807, 2.05) is 30.3 Å². The minimum absolute atomic E-state index is 0.633. The van der Waals surface area contributed by atoms with Crippen LogP contribution in [0.2, 0.25) is 0 Å². The van der Waals surface area contributed by atoms with Crippen LogP contribution < -0.4 is 4.74 Å². The van der Waals surface area contributed by atoms with Gasteiger partial charge in [0.05, 0.1) is 13.3 Å². The van der Waals surface area contributed by atoms with Crippen molar-refractivity contribution in [3.05, 3.63) is 36.5 Å². The van der Waals surface area contributed by atoms with E-state index < -0.39 is 0 Å². The molecular formula is C10H8NO. The summed E-state index contributed by atoms with van der Waals surface area (Å²) in [6.45, 7) is 0. The summed E-state index contributed by atoms with van der Waals surface area (Å²) >= 11 is 0. The number of pyridine rings is 1. The fourth-order valence-electron chi connectivity index (χ4n) is 1.19. The van der Waals surface area contributed by atoms with Crippen molar-refractivity contribution >= 4 is 10.8 Å². The number of fused-ring (bicyclic) bond motifs is 1. The molecule has 0 aliphatic rings. The third-order valence-corrected chi connectivity index (χ3v) is 1.77. The van der Waals surface area contributed by atoms with E-state index in [-0.39, 0.29) is 0 Å². The van der Waals surface area contributed by atoms with Crippen molar-refractivity contribution in [2.24, 2.45) is 0 Å². The normalized spacial score (nSPS) is 10.1. The predicted molar refractivity (Wildman–Crippen MR) is 47.1 cm³/mol. The van der Waals surface area contributed by atoms with Gasteiger partial charge in [-0.1, -0.05) is 18.2 Å². The summed E-state index contributed by atoms with van der Waals surface area (Å²) in [6, 6.07) is 9.78. The lowest BCUT2D eigenvalue weighted by molar-refractivity contribution is 0.403. The number of hydrogen-bond donors (Lipinski definition) is 0. The van der Waals surface area contributed by atoms with Crippen LogP contribution in [0, 0.1) is 6.20 Å². The Morgan fingerprint density at radius 1 is 1.33 bits per heavy atom. The molecule has 1 heterocycles. The van der Waals surface area contributed by atoms with Crippen molar-refractivity contribution in [1.82, 2.24) is 4.98 Å². The second-order valence-electron chi connectivity index (χ2n) is 2.48. The molecule has 1 radical (unpaired) electrons. The lowest BCUT2D eigenvalue weighted by Gasteiger charge is -2.01. The lowest BCUT2D eigenvalue weighted by Crippen LogP contribution is -1.87.